The van der Waals surface area contributed by atoms with Crippen LogP contribution >= 0.6 is 42.3 Å². The van der Waals surface area contributed by atoms with Gasteiger partial charge in [0.15, 0.2) is 0 Å². The summed E-state index contributed by atoms with van der Waals surface area (Å²) in [4.78, 5) is 8.63. The third kappa shape index (κ3) is 11.4. The van der Waals surface area contributed by atoms with Crippen molar-refractivity contribution in [2.45, 2.75) is 137 Å². The van der Waals surface area contributed by atoms with E-state index in [0.717, 1.165) is 57.1 Å². The Bertz CT molecular complexity index is 1260. The average Bonchev–Trinajstić information content (AvgIpc) is 3.41. The Kier molecular flexibility index (Phi) is 20.9. The van der Waals surface area contributed by atoms with Crippen molar-refractivity contribution >= 4 is 53.6 Å². The summed E-state index contributed by atoms with van der Waals surface area (Å²) in [5.41, 5.74) is 9.27. The molecule has 4 rings (SSSR count). The normalized spacial score (nSPS) is 13.1. The number of anilines is 2. The van der Waals surface area contributed by atoms with Crippen LogP contribution in [-0.4, -0.2) is 11.7 Å². The second-order valence-corrected chi connectivity index (χ2v) is 15.8. The molecular weight excluding hydrogens is 783 g/mol. The Labute approximate surface area is 325 Å². The van der Waals surface area contributed by atoms with Crippen LogP contribution in [0, 0.1) is 6.92 Å². The molecule has 276 valence electrons. The Morgan fingerprint density at radius 1 is 0.551 bits per heavy atom. The first-order valence-corrected chi connectivity index (χ1v) is 23.0. The fourth-order valence-electron chi connectivity index (χ4n) is 7.29. The van der Waals surface area contributed by atoms with Gasteiger partial charge < -0.3 is 9.80 Å². The maximum absolute atomic E-state index is 7.27. The Balaban J connectivity index is 0.000000718. The number of pyridine rings is 1. The maximum atomic E-state index is 7.27. The number of hydrogen-bond acceptors (Lipinski definition) is 3. The number of rotatable bonds is 14. The first-order valence-electron chi connectivity index (χ1n) is 18.2. The molecule has 0 fully saturated rings. The molecule has 8 heteroatoms. The number of hydrogen-bond donors (Lipinski definition) is 0. The van der Waals surface area contributed by atoms with Gasteiger partial charge >= 0.3 is 35.0 Å². The molecule has 3 aromatic rings. The van der Waals surface area contributed by atoms with E-state index in [9.17, 15) is 0 Å². The fourth-order valence-corrected chi connectivity index (χ4v) is 7.77. The standard InChI is InChI=1S/C35H52Cl2N2.C6H7N.2ClH.Pd/c1-9-24(10-2)28-19-17-20-29(25(11-3)12-4)32(28)38-23-39(35(37)34(38)36)33-30(26(13-5)14-6)21-18-22-31(33)27(15-7)16-8;1-6-4-2-3-5-7-6;;;/h17-22,24-27H,9-16,23H2,1-8H3;2-5H,1H3;2*1H;/q;;;;+2/p-2. The van der Waals surface area contributed by atoms with E-state index in [0.29, 0.717) is 40.7 Å². The second kappa shape index (κ2) is 23.3. The molecule has 0 amide bonds. The van der Waals surface area contributed by atoms with Gasteiger partial charge in [0.05, 0.1) is 11.4 Å². The molecule has 1 aliphatic rings. The number of nitrogens with zero attached hydrogens (tertiary/aromatic N) is 3. The summed E-state index contributed by atoms with van der Waals surface area (Å²) in [5.74, 6) is 1.96. The molecule has 1 aromatic heterocycles. The quantitative estimate of drug-likeness (QED) is 0.119. The molecule has 0 radical (unpaired) electrons. The van der Waals surface area contributed by atoms with Gasteiger partial charge in [-0.05, 0) is 116 Å². The van der Waals surface area contributed by atoms with Crippen LogP contribution in [0.1, 0.15) is 158 Å². The van der Waals surface area contributed by atoms with Gasteiger partial charge in [-0.1, -0.05) is 121 Å². The summed E-state index contributed by atoms with van der Waals surface area (Å²) in [7, 11) is 9.63. The van der Waals surface area contributed by atoms with Crippen molar-refractivity contribution in [3.05, 3.63) is 99.1 Å². The molecule has 0 N–H and O–H groups in total. The number of benzene rings is 2. The molecule has 0 saturated carbocycles. The molecular formula is C41H59Cl4N3Pd. The van der Waals surface area contributed by atoms with Crippen LogP contribution in [0.3, 0.4) is 0 Å². The van der Waals surface area contributed by atoms with Crippen LogP contribution in [-0.2, 0) is 15.9 Å². The van der Waals surface area contributed by atoms with Crippen molar-refractivity contribution in [1.29, 1.82) is 0 Å². The van der Waals surface area contributed by atoms with Crippen molar-refractivity contribution < 1.29 is 15.9 Å². The van der Waals surface area contributed by atoms with Gasteiger partial charge in [-0.2, -0.15) is 0 Å². The molecule has 2 aromatic carbocycles. The Morgan fingerprint density at radius 2 is 0.857 bits per heavy atom. The molecule has 1 aliphatic heterocycles. The zero-order valence-electron chi connectivity index (χ0n) is 31.1. The van der Waals surface area contributed by atoms with Crippen molar-refractivity contribution in [3.8, 4) is 0 Å². The summed E-state index contributed by atoms with van der Waals surface area (Å²) in [6, 6.07) is 19.7. The Hall–Kier alpha value is -1.25. The van der Waals surface area contributed by atoms with Gasteiger partial charge in [-0.3, -0.25) is 4.98 Å². The summed E-state index contributed by atoms with van der Waals surface area (Å²) < 4.78 is 0. The van der Waals surface area contributed by atoms with Gasteiger partial charge in [0.2, 0.25) is 0 Å². The van der Waals surface area contributed by atoms with E-state index < -0.39 is 0 Å². The summed E-state index contributed by atoms with van der Waals surface area (Å²) in [6.45, 7) is 21.0. The molecule has 49 heavy (non-hydrogen) atoms. The van der Waals surface area contributed by atoms with Crippen LogP contribution < -0.4 is 9.80 Å². The molecule has 2 heterocycles. The second-order valence-electron chi connectivity index (χ2n) is 12.7. The monoisotopic (exact) mass is 839 g/mol. The predicted molar refractivity (Wildman–Crippen MR) is 215 cm³/mol. The van der Waals surface area contributed by atoms with E-state index >= 15 is 0 Å². The van der Waals surface area contributed by atoms with Gasteiger partial charge in [-0.25, -0.2) is 0 Å². The van der Waals surface area contributed by atoms with Gasteiger partial charge in [-0.15, -0.1) is 0 Å². The number of aromatic nitrogens is 1. The Morgan fingerprint density at radius 3 is 1.06 bits per heavy atom. The molecule has 0 atom stereocenters. The topological polar surface area (TPSA) is 19.4 Å². The first kappa shape index (κ1) is 43.9. The number of halogens is 4. The van der Waals surface area contributed by atoms with E-state index in [-0.39, 0.29) is 15.9 Å². The summed E-state index contributed by atoms with van der Waals surface area (Å²) in [6.07, 6.45) is 10.7. The van der Waals surface area contributed by atoms with E-state index in [1.165, 1.54) is 33.6 Å². The molecule has 0 bridgehead atoms. The van der Waals surface area contributed by atoms with Gasteiger partial charge in [0, 0.05) is 11.9 Å². The van der Waals surface area contributed by atoms with E-state index in [1.807, 2.05) is 25.1 Å². The summed E-state index contributed by atoms with van der Waals surface area (Å²) in [5, 5.41) is 1.30. The molecule has 0 saturated heterocycles. The molecule has 3 nitrogen and oxygen atoms in total. The zero-order valence-corrected chi connectivity index (χ0v) is 35.7. The van der Waals surface area contributed by atoms with E-state index in [2.05, 4.69) is 107 Å². The van der Waals surface area contributed by atoms with Crippen LogP contribution in [0.4, 0.5) is 11.4 Å². The fraction of sp³-hybridized carbons (Fsp3) is 0.537. The van der Waals surface area contributed by atoms with Crippen LogP contribution in [0.2, 0.25) is 0 Å². The number of aryl methyl sites for hydroxylation is 1. The third-order valence-electron chi connectivity index (χ3n) is 10.2. The van der Waals surface area contributed by atoms with Gasteiger partial charge in [0.1, 0.15) is 17.0 Å². The molecule has 0 spiro atoms. The predicted octanol–water partition coefficient (Wildman–Crippen LogP) is 15.0. The first-order chi connectivity index (χ1) is 23.7. The number of para-hydroxylation sites is 2. The van der Waals surface area contributed by atoms with Gasteiger partial charge in [0.25, 0.3) is 0 Å². The van der Waals surface area contributed by atoms with Crippen molar-refractivity contribution in [2.24, 2.45) is 0 Å². The van der Waals surface area contributed by atoms with Crippen molar-refractivity contribution in [2.75, 3.05) is 16.5 Å². The van der Waals surface area contributed by atoms with E-state index in [1.54, 1.807) is 6.20 Å². The van der Waals surface area contributed by atoms with Crippen LogP contribution in [0.5, 0.6) is 0 Å². The van der Waals surface area contributed by atoms with E-state index in [4.69, 9.17) is 42.3 Å². The molecule has 0 aliphatic carbocycles. The SMILES string of the molecule is CCC(CC)c1cccc(C(CC)CC)c1N1CN(c2c(C(CC)CC)cccc2C(CC)CC)C(Cl)=C1Cl.Cc1ccccn1.[Cl][Pd][Cl]. The average molecular weight is 842 g/mol. The van der Waals surface area contributed by atoms with Crippen molar-refractivity contribution in [3.63, 3.8) is 0 Å². The minimum absolute atomic E-state index is 0.106. The van der Waals surface area contributed by atoms with Crippen LogP contribution in [0.25, 0.3) is 0 Å². The van der Waals surface area contributed by atoms with Crippen LogP contribution in [0.15, 0.2) is 71.1 Å². The van der Waals surface area contributed by atoms with Crippen molar-refractivity contribution in [1.82, 2.24) is 4.98 Å². The summed E-state index contributed by atoms with van der Waals surface area (Å²) >= 11 is 14.4. The third-order valence-corrected chi connectivity index (χ3v) is 11.0. The zero-order chi connectivity index (χ0) is 36.5. The molecule has 0 unspecified atom stereocenters. The minimum atomic E-state index is -0.106.